The summed E-state index contributed by atoms with van der Waals surface area (Å²) >= 11 is 1.31. The van der Waals surface area contributed by atoms with Crippen molar-refractivity contribution >= 4 is 33.8 Å². The standard InChI is InChI=1S/C21H18N4O3S/c1-13-22-18-6-4-3-5-17(18)20(27)25(13)21-24-15(12-29-21)11-19(26)23-14-7-9-16(28-2)10-8-14/h3-10,12H,11H2,1-2H3,(H,23,26). The molecule has 2 aromatic carbocycles. The summed E-state index contributed by atoms with van der Waals surface area (Å²) in [5.41, 5.74) is 1.76. The maximum absolute atomic E-state index is 12.9. The zero-order valence-corrected chi connectivity index (χ0v) is 16.7. The van der Waals surface area contributed by atoms with Gasteiger partial charge in [-0.3, -0.25) is 9.59 Å². The molecule has 0 bridgehead atoms. The number of fused-ring (bicyclic) bond motifs is 1. The van der Waals surface area contributed by atoms with Crippen molar-refractivity contribution in [2.75, 3.05) is 12.4 Å². The average Bonchev–Trinajstić information content (AvgIpc) is 3.16. The Morgan fingerprint density at radius 1 is 1.14 bits per heavy atom. The van der Waals surface area contributed by atoms with Crippen LogP contribution in [0.1, 0.15) is 11.5 Å². The van der Waals surface area contributed by atoms with Gasteiger partial charge in [0.05, 0.1) is 30.1 Å². The zero-order valence-electron chi connectivity index (χ0n) is 15.9. The third kappa shape index (κ3) is 3.88. The highest BCUT2D eigenvalue weighted by molar-refractivity contribution is 7.12. The number of anilines is 1. The summed E-state index contributed by atoms with van der Waals surface area (Å²) in [5.74, 6) is 1.09. The van der Waals surface area contributed by atoms with Gasteiger partial charge in [-0.05, 0) is 43.3 Å². The molecule has 4 rings (SSSR count). The number of carbonyl (C=O) groups excluding carboxylic acids is 1. The number of carbonyl (C=O) groups is 1. The minimum absolute atomic E-state index is 0.108. The summed E-state index contributed by atoms with van der Waals surface area (Å²) in [6.07, 6.45) is 0.108. The third-order valence-electron chi connectivity index (χ3n) is 4.39. The van der Waals surface area contributed by atoms with Gasteiger partial charge in [-0.2, -0.15) is 0 Å². The predicted octanol–water partition coefficient (Wildman–Crippen LogP) is 3.34. The van der Waals surface area contributed by atoms with Gasteiger partial charge in [0.2, 0.25) is 5.91 Å². The van der Waals surface area contributed by atoms with Crippen LogP contribution in [0.15, 0.2) is 58.7 Å². The number of hydrogen-bond donors (Lipinski definition) is 1. The van der Waals surface area contributed by atoms with Crippen LogP contribution in [-0.4, -0.2) is 27.6 Å². The number of rotatable bonds is 5. The number of thiazole rings is 1. The zero-order chi connectivity index (χ0) is 20.4. The van der Waals surface area contributed by atoms with Crippen LogP contribution in [0.4, 0.5) is 5.69 Å². The molecule has 146 valence electrons. The number of amides is 1. The van der Waals surface area contributed by atoms with Gasteiger partial charge in [-0.25, -0.2) is 14.5 Å². The smallest absolute Gasteiger partial charge is 0.267 e. The Morgan fingerprint density at radius 2 is 1.90 bits per heavy atom. The Morgan fingerprint density at radius 3 is 2.66 bits per heavy atom. The number of methoxy groups -OCH3 is 1. The highest BCUT2D eigenvalue weighted by Gasteiger charge is 2.14. The Bertz CT molecular complexity index is 1250. The van der Waals surface area contributed by atoms with E-state index in [1.807, 2.05) is 18.2 Å². The van der Waals surface area contributed by atoms with Gasteiger partial charge in [0, 0.05) is 11.1 Å². The number of aryl methyl sites for hydroxylation is 1. The molecule has 4 aromatic rings. The lowest BCUT2D eigenvalue weighted by Crippen LogP contribution is -2.22. The molecule has 2 aromatic heterocycles. The summed E-state index contributed by atoms with van der Waals surface area (Å²) in [6, 6.07) is 14.3. The van der Waals surface area contributed by atoms with Crippen molar-refractivity contribution < 1.29 is 9.53 Å². The molecular formula is C21H18N4O3S. The molecule has 7 nitrogen and oxygen atoms in total. The van der Waals surface area contributed by atoms with E-state index in [1.54, 1.807) is 49.7 Å². The summed E-state index contributed by atoms with van der Waals surface area (Å²) in [6.45, 7) is 1.77. The lowest BCUT2D eigenvalue weighted by molar-refractivity contribution is -0.115. The number of para-hydroxylation sites is 1. The topological polar surface area (TPSA) is 86.1 Å². The maximum Gasteiger partial charge on any atom is 0.267 e. The van der Waals surface area contributed by atoms with Crippen molar-refractivity contribution in [2.24, 2.45) is 0 Å². The van der Waals surface area contributed by atoms with Crippen molar-refractivity contribution in [3.05, 3.63) is 75.8 Å². The van der Waals surface area contributed by atoms with E-state index in [1.165, 1.54) is 15.9 Å². The SMILES string of the molecule is COc1ccc(NC(=O)Cc2csc(-n3c(C)nc4ccccc4c3=O)n2)cc1. The van der Waals surface area contributed by atoms with Crippen molar-refractivity contribution in [1.29, 1.82) is 0 Å². The van der Waals surface area contributed by atoms with Crippen molar-refractivity contribution in [3.8, 4) is 10.9 Å². The predicted molar refractivity (Wildman–Crippen MR) is 113 cm³/mol. The molecule has 0 aliphatic heterocycles. The van der Waals surface area contributed by atoms with Gasteiger partial charge >= 0.3 is 0 Å². The van der Waals surface area contributed by atoms with Gasteiger partial charge < -0.3 is 10.1 Å². The molecule has 29 heavy (non-hydrogen) atoms. The van der Waals surface area contributed by atoms with Crippen LogP contribution in [0, 0.1) is 6.92 Å². The number of aromatic nitrogens is 3. The minimum atomic E-state index is -0.187. The number of nitrogens with zero attached hydrogens (tertiary/aromatic N) is 3. The van der Waals surface area contributed by atoms with E-state index in [4.69, 9.17) is 4.74 Å². The number of benzene rings is 2. The Kier molecular flexibility index (Phi) is 5.09. The molecule has 2 heterocycles. The van der Waals surface area contributed by atoms with Crippen LogP contribution in [0.3, 0.4) is 0 Å². The maximum atomic E-state index is 12.9. The normalized spacial score (nSPS) is 10.8. The Labute approximate surface area is 170 Å². The molecule has 0 radical (unpaired) electrons. The van der Waals surface area contributed by atoms with Crippen LogP contribution in [0.2, 0.25) is 0 Å². The van der Waals surface area contributed by atoms with E-state index < -0.39 is 0 Å². The van der Waals surface area contributed by atoms with E-state index in [2.05, 4.69) is 15.3 Å². The molecule has 0 aliphatic carbocycles. The quantitative estimate of drug-likeness (QED) is 0.549. The fraction of sp³-hybridized carbons (Fsp3) is 0.143. The second kappa shape index (κ2) is 7.84. The van der Waals surface area contributed by atoms with Crippen molar-refractivity contribution in [2.45, 2.75) is 13.3 Å². The highest BCUT2D eigenvalue weighted by atomic mass is 32.1. The first-order chi connectivity index (χ1) is 14.0. The fourth-order valence-electron chi connectivity index (χ4n) is 2.99. The van der Waals surface area contributed by atoms with E-state index in [0.717, 1.165) is 5.75 Å². The second-order valence-electron chi connectivity index (χ2n) is 6.39. The highest BCUT2D eigenvalue weighted by Crippen LogP contribution is 2.18. The summed E-state index contributed by atoms with van der Waals surface area (Å²) < 4.78 is 6.59. The number of hydrogen-bond acceptors (Lipinski definition) is 6. The molecule has 0 atom stereocenters. The van der Waals surface area contributed by atoms with Gasteiger partial charge in [-0.1, -0.05) is 12.1 Å². The molecule has 0 spiro atoms. The third-order valence-corrected chi connectivity index (χ3v) is 5.26. The molecule has 0 aliphatic rings. The van der Waals surface area contributed by atoms with Crippen LogP contribution < -0.4 is 15.6 Å². The molecule has 0 saturated heterocycles. The first-order valence-electron chi connectivity index (χ1n) is 8.92. The Hall–Kier alpha value is -3.52. The van der Waals surface area contributed by atoms with Crippen molar-refractivity contribution in [3.63, 3.8) is 0 Å². The van der Waals surface area contributed by atoms with Crippen LogP contribution in [-0.2, 0) is 11.2 Å². The monoisotopic (exact) mass is 406 g/mol. The lowest BCUT2D eigenvalue weighted by Gasteiger charge is -2.07. The van der Waals surface area contributed by atoms with E-state index in [-0.39, 0.29) is 17.9 Å². The van der Waals surface area contributed by atoms with Crippen LogP contribution >= 0.6 is 11.3 Å². The van der Waals surface area contributed by atoms with Gasteiger partial charge in [-0.15, -0.1) is 11.3 Å². The largest absolute Gasteiger partial charge is 0.497 e. The van der Waals surface area contributed by atoms with E-state index in [9.17, 15) is 9.59 Å². The molecule has 0 saturated carbocycles. The summed E-state index contributed by atoms with van der Waals surface area (Å²) in [4.78, 5) is 34.2. The number of nitrogens with one attached hydrogen (secondary N) is 1. The first-order valence-corrected chi connectivity index (χ1v) is 9.80. The lowest BCUT2D eigenvalue weighted by atomic mass is 10.2. The first kappa shape index (κ1) is 18.8. The van der Waals surface area contributed by atoms with Gasteiger partial charge in [0.25, 0.3) is 5.56 Å². The molecule has 8 heteroatoms. The molecule has 1 N–H and O–H groups in total. The van der Waals surface area contributed by atoms with E-state index >= 15 is 0 Å². The summed E-state index contributed by atoms with van der Waals surface area (Å²) in [5, 5.41) is 5.64. The van der Waals surface area contributed by atoms with E-state index in [0.29, 0.717) is 33.2 Å². The molecule has 0 unspecified atom stereocenters. The number of ether oxygens (including phenoxy) is 1. The fourth-order valence-corrected chi connectivity index (χ4v) is 3.86. The van der Waals surface area contributed by atoms with Crippen LogP contribution in [0.25, 0.3) is 16.0 Å². The van der Waals surface area contributed by atoms with Gasteiger partial charge in [0.15, 0.2) is 5.13 Å². The summed E-state index contributed by atoms with van der Waals surface area (Å²) in [7, 11) is 1.59. The minimum Gasteiger partial charge on any atom is -0.497 e. The molecular weight excluding hydrogens is 388 g/mol. The molecule has 1 amide bonds. The molecule has 0 fully saturated rings. The van der Waals surface area contributed by atoms with Gasteiger partial charge in [0.1, 0.15) is 11.6 Å². The van der Waals surface area contributed by atoms with Crippen LogP contribution in [0.5, 0.6) is 5.75 Å². The van der Waals surface area contributed by atoms with Crippen molar-refractivity contribution in [1.82, 2.24) is 14.5 Å². The second-order valence-corrected chi connectivity index (χ2v) is 7.23. The Balaban J connectivity index is 1.55. The average molecular weight is 406 g/mol.